The van der Waals surface area contributed by atoms with Crippen LogP contribution in [-0.2, 0) is 0 Å². The number of hydrogen-bond donors (Lipinski definition) is 4. The molecule has 1 aliphatic heterocycles. The second kappa shape index (κ2) is 6.01. The van der Waals surface area contributed by atoms with Crippen LogP contribution in [0, 0.1) is 11.8 Å². The molecule has 0 radical (unpaired) electrons. The van der Waals surface area contributed by atoms with Crippen molar-refractivity contribution >= 4 is 11.6 Å². The van der Waals surface area contributed by atoms with E-state index < -0.39 is 5.66 Å². The van der Waals surface area contributed by atoms with E-state index in [1.807, 2.05) is 36.4 Å². The molecule has 1 aromatic carbocycles. The van der Waals surface area contributed by atoms with E-state index >= 15 is 0 Å². The van der Waals surface area contributed by atoms with E-state index in [4.69, 9.17) is 16.5 Å². The molecule has 1 atom stereocenters. The van der Waals surface area contributed by atoms with Gasteiger partial charge in [-0.2, -0.15) is 0 Å². The Morgan fingerprint density at radius 2 is 1.86 bits per heavy atom. The van der Waals surface area contributed by atoms with E-state index in [-0.39, 0.29) is 0 Å². The van der Waals surface area contributed by atoms with E-state index in [2.05, 4.69) is 17.6 Å². The Hall–Kier alpha value is -2.01. The van der Waals surface area contributed by atoms with E-state index in [0.717, 1.165) is 24.4 Å². The summed E-state index contributed by atoms with van der Waals surface area (Å²) in [4.78, 5) is 4.72. The van der Waals surface area contributed by atoms with Gasteiger partial charge in [0.15, 0.2) is 0 Å². The molecule has 0 bridgehead atoms. The number of nitrogens with one attached hydrogen (secondary N) is 2. The van der Waals surface area contributed by atoms with Crippen LogP contribution in [-0.4, -0.2) is 11.6 Å². The largest absolute Gasteiger partial charge is 0.385 e. The van der Waals surface area contributed by atoms with Gasteiger partial charge in [0.2, 0.25) is 5.96 Å². The molecule has 1 aromatic rings. The first-order valence-electron chi connectivity index (χ1n) is 8.01. The van der Waals surface area contributed by atoms with Crippen molar-refractivity contribution < 1.29 is 0 Å². The fourth-order valence-corrected chi connectivity index (χ4v) is 3.32. The van der Waals surface area contributed by atoms with Crippen molar-refractivity contribution in [2.24, 2.45) is 28.3 Å². The Morgan fingerprint density at radius 1 is 1.18 bits per heavy atom. The minimum absolute atomic E-state index is 0.344. The van der Waals surface area contributed by atoms with Crippen molar-refractivity contribution in [3.05, 3.63) is 42.2 Å². The van der Waals surface area contributed by atoms with Crippen LogP contribution < -0.4 is 22.1 Å². The zero-order valence-corrected chi connectivity index (χ0v) is 13.0. The molecule has 1 heterocycles. The van der Waals surface area contributed by atoms with Crippen molar-refractivity contribution in [1.82, 2.24) is 5.32 Å². The molecule has 0 spiro atoms. The standard InChI is InChI=1S/C17H25N5/c1-12-7-9-13(10-8-12)17(19)11-15(18)21-16(22-17)20-14-5-3-2-4-6-14/h2-6,11-13H,7-10,18-19H2,1H3,(H2,20,21,22). The predicted octanol–water partition coefficient (Wildman–Crippen LogP) is 2.34. The molecule has 118 valence electrons. The Labute approximate surface area is 131 Å². The number of guanidine groups is 1. The third-order valence-corrected chi connectivity index (χ3v) is 4.66. The highest BCUT2D eigenvalue weighted by Crippen LogP contribution is 2.36. The molecule has 1 aliphatic carbocycles. The van der Waals surface area contributed by atoms with E-state index in [1.165, 1.54) is 12.8 Å². The van der Waals surface area contributed by atoms with E-state index in [0.29, 0.717) is 17.7 Å². The lowest BCUT2D eigenvalue weighted by Crippen LogP contribution is -2.52. The Morgan fingerprint density at radius 3 is 2.55 bits per heavy atom. The molecule has 0 amide bonds. The summed E-state index contributed by atoms with van der Waals surface area (Å²) in [5, 5.41) is 6.32. The Balaban J connectivity index is 1.79. The SMILES string of the molecule is CC1CCC(C2(N)C=C(N)NC(Nc3ccccc3)=N2)CC1. The number of rotatable bonds is 2. The van der Waals surface area contributed by atoms with Crippen molar-refractivity contribution in [3.8, 4) is 0 Å². The zero-order chi connectivity index (χ0) is 15.6. The summed E-state index contributed by atoms with van der Waals surface area (Å²) < 4.78 is 0. The van der Waals surface area contributed by atoms with Gasteiger partial charge in [0.05, 0.1) is 0 Å². The highest BCUT2D eigenvalue weighted by atomic mass is 15.3. The first kappa shape index (κ1) is 14.9. The van der Waals surface area contributed by atoms with Crippen LogP contribution in [0.5, 0.6) is 0 Å². The fraction of sp³-hybridized carbons (Fsp3) is 0.471. The third kappa shape index (κ3) is 3.25. The van der Waals surface area contributed by atoms with Crippen molar-refractivity contribution in [1.29, 1.82) is 0 Å². The molecular formula is C17H25N5. The maximum absolute atomic E-state index is 6.59. The highest BCUT2D eigenvalue weighted by molar-refractivity contribution is 5.95. The summed E-state index contributed by atoms with van der Waals surface area (Å²) >= 11 is 0. The fourth-order valence-electron chi connectivity index (χ4n) is 3.32. The monoisotopic (exact) mass is 299 g/mol. The second-order valence-electron chi connectivity index (χ2n) is 6.52. The quantitative estimate of drug-likeness (QED) is 0.675. The summed E-state index contributed by atoms with van der Waals surface area (Å²) in [6.07, 6.45) is 6.49. The summed E-state index contributed by atoms with van der Waals surface area (Å²) in [5.74, 6) is 2.31. The predicted molar refractivity (Wildman–Crippen MR) is 90.9 cm³/mol. The van der Waals surface area contributed by atoms with Crippen LogP contribution in [0.15, 0.2) is 47.2 Å². The van der Waals surface area contributed by atoms with Gasteiger partial charge in [-0.25, -0.2) is 4.99 Å². The Bertz CT molecular complexity index is 572. The molecular weight excluding hydrogens is 274 g/mol. The molecule has 22 heavy (non-hydrogen) atoms. The van der Waals surface area contributed by atoms with Gasteiger partial charge < -0.3 is 22.1 Å². The number of nitrogens with zero attached hydrogens (tertiary/aromatic N) is 1. The van der Waals surface area contributed by atoms with E-state index in [1.54, 1.807) is 0 Å². The van der Waals surface area contributed by atoms with Crippen LogP contribution in [0.2, 0.25) is 0 Å². The van der Waals surface area contributed by atoms with Gasteiger partial charge in [0.1, 0.15) is 11.5 Å². The maximum Gasteiger partial charge on any atom is 0.203 e. The molecule has 2 aliphatic rings. The van der Waals surface area contributed by atoms with Crippen molar-refractivity contribution in [3.63, 3.8) is 0 Å². The molecule has 6 N–H and O–H groups in total. The summed E-state index contributed by atoms with van der Waals surface area (Å²) in [6, 6.07) is 9.90. The highest BCUT2D eigenvalue weighted by Gasteiger charge is 2.37. The van der Waals surface area contributed by atoms with Crippen molar-refractivity contribution in [2.45, 2.75) is 38.3 Å². The molecule has 1 unspecified atom stereocenters. The van der Waals surface area contributed by atoms with Crippen LogP contribution in [0.25, 0.3) is 0 Å². The average molecular weight is 299 g/mol. The van der Waals surface area contributed by atoms with E-state index in [9.17, 15) is 0 Å². The van der Waals surface area contributed by atoms with Gasteiger partial charge in [-0.3, -0.25) is 0 Å². The molecule has 1 fully saturated rings. The van der Waals surface area contributed by atoms with Gasteiger partial charge in [-0.15, -0.1) is 0 Å². The number of anilines is 1. The smallest absolute Gasteiger partial charge is 0.203 e. The first-order valence-corrected chi connectivity index (χ1v) is 8.01. The third-order valence-electron chi connectivity index (χ3n) is 4.66. The molecule has 3 rings (SSSR count). The minimum atomic E-state index is -0.716. The lowest BCUT2D eigenvalue weighted by molar-refractivity contribution is 0.215. The Kier molecular flexibility index (Phi) is 4.07. The number of hydrogen-bond acceptors (Lipinski definition) is 5. The number of aliphatic imine (C=N–C) groups is 1. The number of benzene rings is 1. The van der Waals surface area contributed by atoms with Gasteiger partial charge in [-0.05, 0) is 37.0 Å². The minimum Gasteiger partial charge on any atom is -0.385 e. The summed E-state index contributed by atoms with van der Waals surface area (Å²) in [5.41, 5.74) is 12.9. The van der Waals surface area contributed by atoms with Gasteiger partial charge >= 0.3 is 0 Å². The van der Waals surface area contributed by atoms with Gasteiger partial charge in [0, 0.05) is 11.6 Å². The molecule has 0 aromatic heterocycles. The maximum atomic E-state index is 6.59. The van der Waals surface area contributed by atoms with Gasteiger partial charge in [-0.1, -0.05) is 38.0 Å². The van der Waals surface area contributed by atoms with Crippen LogP contribution >= 0.6 is 0 Å². The number of nitrogens with two attached hydrogens (primary N) is 2. The first-order chi connectivity index (χ1) is 10.5. The van der Waals surface area contributed by atoms with Crippen LogP contribution in [0.3, 0.4) is 0 Å². The zero-order valence-electron chi connectivity index (χ0n) is 13.0. The topological polar surface area (TPSA) is 88.5 Å². The molecule has 5 nitrogen and oxygen atoms in total. The number of para-hydroxylation sites is 1. The average Bonchev–Trinajstić information content (AvgIpc) is 2.48. The van der Waals surface area contributed by atoms with Crippen LogP contribution in [0.1, 0.15) is 32.6 Å². The normalized spacial score (nSPS) is 31.7. The lowest BCUT2D eigenvalue weighted by atomic mass is 9.76. The molecule has 1 saturated carbocycles. The van der Waals surface area contributed by atoms with Crippen LogP contribution in [0.4, 0.5) is 5.69 Å². The summed E-state index contributed by atoms with van der Waals surface area (Å²) in [6.45, 7) is 2.30. The van der Waals surface area contributed by atoms with Gasteiger partial charge in [0.25, 0.3) is 0 Å². The lowest BCUT2D eigenvalue weighted by Gasteiger charge is -2.38. The molecule has 0 saturated heterocycles. The molecule has 5 heteroatoms. The second-order valence-corrected chi connectivity index (χ2v) is 6.52. The van der Waals surface area contributed by atoms with Crippen molar-refractivity contribution in [2.75, 3.05) is 5.32 Å². The summed E-state index contributed by atoms with van der Waals surface area (Å²) in [7, 11) is 0.